The molecule has 1 aliphatic heterocycles. The smallest absolute Gasteiger partial charge is 0.251 e. The first-order valence-electron chi connectivity index (χ1n) is 14.2. The molecule has 0 saturated heterocycles. The zero-order chi connectivity index (χ0) is 31.2. The molecule has 5 N–H and O–H groups in total. The molecule has 2 aromatic heterocycles. The predicted molar refractivity (Wildman–Crippen MR) is 160 cm³/mol. The van der Waals surface area contributed by atoms with Crippen LogP contribution in [0, 0.1) is 5.82 Å². The fourth-order valence-electron chi connectivity index (χ4n) is 5.05. The third-order valence-electron chi connectivity index (χ3n) is 8.04. The average molecular weight is 599 g/mol. The number of halogens is 1. The lowest BCUT2D eigenvalue weighted by molar-refractivity contribution is -0.123. The summed E-state index contributed by atoms with van der Waals surface area (Å²) in [7, 11) is 0. The Morgan fingerprint density at radius 2 is 1.89 bits per heavy atom. The number of ether oxygens (including phenoxy) is 2. The highest BCUT2D eigenvalue weighted by Crippen LogP contribution is 2.45. The van der Waals surface area contributed by atoms with Crippen LogP contribution in [0.5, 0.6) is 11.5 Å². The molecule has 3 heterocycles. The van der Waals surface area contributed by atoms with Gasteiger partial charge in [0.05, 0.1) is 18.3 Å². The molecule has 0 bridgehead atoms. The van der Waals surface area contributed by atoms with E-state index in [1.165, 1.54) is 37.3 Å². The van der Waals surface area contributed by atoms with E-state index >= 15 is 0 Å². The Balaban J connectivity index is 1.29. The highest BCUT2D eigenvalue weighted by molar-refractivity contribution is 5.95. The second kappa shape index (κ2) is 10.9. The number of hydrogen-bond donors (Lipinski definition) is 4. The van der Waals surface area contributed by atoms with Gasteiger partial charge in [-0.1, -0.05) is 0 Å². The van der Waals surface area contributed by atoms with Crippen LogP contribution in [0.4, 0.5) is 4.39 Å². The first-order valence-corrected chi connectivity index (χ1v) is 14.2. The van der Waals surface area contributed by atoms with E-state index in [0.717, 1.165) is 24.0 Å². The Morgan fingerprint density at radius 3 is 2.55 bits per heavy atom. The van der Waals surface area contributed by atoms with Gasteiger partial charge in [0.15, 0.2) is 0 Å². The molecule has 0 spiro atoms. The van der Waals surface area contributed by atoms with E-state index in [-0.39, 0.29) is 30.5 Å². The summed E-state index contributed by atoms with van der Waals surface area (Å²) in [4.78, 5) is 44.6. The normalized spacial score (nSPS) is 18.5. The van der Waals surface area contributed by atoms with Crippen LogP contribution in [0.15, 0.2) is 71.7 Å². The summed E-state index contributed by atoms with van der Waals surface area (Å²) in [5.74, 6) is -0.664. The van der Waals surface area contributed by atoms with Gasteiger partial charge < -0.3 is 30.6 Å². The van der Waals surface area contributed by atoms with Gasteiger partial charge in [0, 0.05) is 40.1 Å². The number of hydrogen-bond acceptors (Lipinski definition) is 7. The number of nitrogens with zero attached hydrogens (tertiary/aromatic N) is 1. The number of amides is 2. The molecule has 1 fully saturated rings. The van der Waals surface area contributed by atoms with Crippen molar-refractivity contribution >= 4 is 11.8 Å². The molecule has 0 unspecified atom stereocenters. The number of nitrogens with two attached hydrogens (primary N) is 1. The van der Waals surface area contributed by atoms with Crippen molar-refractivity contribution in [2.45, 2.75) is 43.8 Å². The Bertz CT molecular complexity index is 1810. The lowest BCUT2D eigenvalue weighted by atomic mass is 9.82. The van der Waals surface area contributed by atoms with Gasteiger partial charge in [0.1, 0.15) is 40.6 Å². The second-order valence-electron chi connectivity index (χ2n) is 11.7. The molecule has 11 heteroatoms. The number of carbonyl (C=O) groups excluding carboxylic acids is 2. The molecule has 10 nitrogen and oxygen atoms in total. The van der Waals surface area contributed by atoms with E-state index in [2.05, 4.69) is 15.3 Å². The van der Waals surface area contributed by atoms with Crippen LogP contribution in [0.3, 0.4) is 0 Å². The second-order valence-corrected chi connectivity index (χ2v) is 11.7. The fourth-order valence-corrected chi connectivity index (χ4v) is 5.05. The SMILES string of the molecule is C[C@](O)(CNC(=O)c1ccc(-c2ccc(=O)[nH]c2)c(OC2CC2)c1)c1cc2c(c(-c3ccc(F)cc3)n1)OC[C@]2(C)C(N)=O. The highest BCUT2D eigenvalue weighted by Gasteiger charge is 2.45. The lowest BCUT2D eigenvalue weighted by Crippen LogP contribution is -2.41. The van der Waals surface area contributed by atoms with E-state index in [1.54, 1.807) is 43.5 Å². The molecule has 1 saturated carbocycles. The van der Waals surface area contributed by atoms with E-state index in [9.17, 15) is 23.9 Å². The van der Waals surface area contributed by atoms with Gasteiger partial charge >= 0.3 is 0 Å². The van der Waals surface area contributed by atoms with Crippen LogP contribution in [0.25, 0.3) is 22.4 Å². The fraction of sp³-hybridized carbons (Fsp3) is 0.273. The van der Waals surface area contributed by atoms with Crippen molar-refractivity contribution in [3.63, 3.8) is 0 Å². The average Bonchev–Trinajstić information content (AvgIpc) is 3.76. The van der Waals surface area contributed by atoms with Crippen molar-refractivity contribution in [1.82, 2.24) is 15.3 Å². The van der Waals surface area contributed by atoms with E-state index < -0.39 is 28.6 Å². The Morgan fingerprint density at radius 1 is 1.16 bits per heavy atom. The number of aromatic amines is 1. The topological polar surface area (TPSA) is 157 Å². The van der Waals surface area contributed by atoms with Gasteiger partial charge in [-0.05, 0) is 81.3 Å². The van der Waals surface area contributed by atoms with Crippen molar-refractivity contribution in [3.05, 3.63) is 99.9 Å². The molecule has 2 atom stereocenters. The van der Waals surface area contributed by atoms with E-state index in [1.807, 2.05) is 0 Å². The van der Waals surface area contributed by atoms with E-state index in [4.69, 9.17) is 15.2 Å². The number of primary amides is 1. The number of aliphatic hydroxyl groups is 1. The van der Waals surface area contributed by atoms with Crippen molar-refractivity contribution in [3.8, 4) is 33.9 Å². The number of carbonyl (C=O) groups is 2. The minimum Gasteiger partial charge on any atom is -0.490 e. The van der Waals surface area contributed by atoms with Crippen LogP contribution >= 0.6 is 0 Å². The van der Waals surface area contributed by atoms with Crippen molar-refractivity contribution in [2.24, 2.45) is 5.73 Å². The Hall–Kier alpha value is -5.03. The summed E-state index contributed by atoms with van der Waals surface area (Å²) < 4.78 is 25.6. The quantitative estimate of drug-likeness (QED) is 0.230. The summed E-state index contributed by atoms with van der Waals surface area (Å²) in [5, 5.41) is 14.4. The van der Waals surface area contributed by atoms with Crippen molar-refractivity contribution in [2.75, 3.05) is 13.2 Å². The van der Waals surface area contributed by atoms with E-state index in [0.29, 0.717) is 33.9 Å². The minimum absolute atomic E-state index is 0.0177. The largest absolute Gasteiger partial charge is 0.490 e. The summed E-state index contributed by atoms with van der Waals surface area (Å²) >= 11 is 0. The maximum atomic E-state index is 13.7. The van der Waals surface area contributed by atoms with Crippen LogP contribution in [-0.4, -0.2) is 46.1 Å². The molecule has 44 heavy (non-hydrogen) atoms. The number of rotatable bonds is 9. The zero-order valence-corrected chi connectivity index (χ0v) is 24.1. The summed E-state index contributed by atoms with van der Waals surface area (Å²) in [6.07, 6.45) is 3.48. The molecule has 6 rings (SSSR count). The van der Waals surface area contributed by atoms with Gasteiger partial charge in [-0.15, -0.1) is 0 Å². The number of fused-ring (bicyclic) bond motifs is 1. The van der Waals surface area contributed by atoms with Crippen molar-refractivity contribution in [1.29, 1.82) is 0 Å². The van der Waals surface area contributed by atoms with Gasteiger partial charge in [-0.3, -0.25) is 14.4 Å². The monoisotopic (exact) mass is 598 g/mol. The van der Waals surface area contributed by atoms with Crippen molar-refractivity contribution < 1.29 is 28.6 Å². The zero-order valence-electron chi connectivity index (χ0n) is 24.1. The van der Waals surface area contributed by atoms with Crippen LogP contribution in [-0.2, 0) is 15.8 Å². The maximum absolute atomic E-state index is 13.7. The Kier molecular flexibility index (Phi) is 7.21. The maximum Gasteiger partial charge on any atom is 0.251 e. The molecular formula is C33H31FN4O6. The molecule has 1 aliphatic carbocycles. The Labute approximate surface area is 252 Å². The number of pyridine rings is 2. The molecule has 0 radical (unpaired) electrons. The molecule has 2 aliphatic rings. The number of nitrogens with one attached hydrogen (secondary N) is 2. The van der Waals surface area contributed by atoms with Gasteiger partial charge in [-0.25, -0.2) is 9.37 Å². The van der Waals surface area contributed by atoms with Crippen LogP contribution in [0.1, 0.15) is 48.3 Å². The number of benzene rings is 2. The highest BCUT2D eigenvalue weighted by atomic mass is 19.1. The third-order valence-corrected chi connectivity index (χ3v) is 8.04. The summed E-state index contributed by atoms with van der Waals surface area (Å²) in [6, 6.07) is 15.3. The molecular weight excluding hydrogens is 567 g/mol. The summed E-state index contributed by atoms with van der Waals surface area (Å²) in [5.41, 5.74) is 5.86. The minimum atomic E-state index is -1.69. The molecule has 4 aromatic rings. The van der Waals surface area contributed by atoms with Crippen LogP contribution in [0.2, 0.25) is 0 Å². The third kappa shape index (κ3) is 5.53. The molecule has 226 valence electrons. The number of aromatic nitrogens is 2. The van der Waals surface area contributed by atoms with Gasteiger partial charge in [0.2, 0.25) is 11.5 Å². The lowest BCUT2D eigenvalue weighted by Gasteiger charge is -2.26. The predicted octanol–water partition coefficient (Wildman–Crippen LogP) is 3.56. The first kappa shape index (κ1) is 29.1. The molecule has 2 aromatic carbocycles. The number of H-pyrrole nitrogens is 1. The first-order chi connectivity index (χ1) is 20.9. The van der Waals surface area contributed by atoms with Gasteiger partial charge in [0.25, 0.3) is 5.91 Å². The standard InChI is InChI=1S/C33H31FN4O6/c1-32(31(35)41)17-43-29-24(32)14-26(38-28(29)18-3-7-21(34)8-4-18)33(2,42)16-37-30(40)19-5-11-23(20-6-12-27(39)36-15-20)25(13-19)44-22-9-10-22/h3-8,11-15,22,42H,9-10,16-17H2,1-2H3,(H2,35,41)(H,36,39)(H,37,40)/t32-,33-/m0/s1. The summed E-state index contributed by atoms with van der Waals surface area (Å²) in [6.45, 7) is 2.90. The van der Waals surface area contributed by atoms with Crippen LogP contribution < -0.4 is 26.1 Å². The molecule has 2 amide bonds. The van der Waals surface area contributed by atoms with Gasteiger partial charge in [-0.2, -0.15) is 0 Å².